The summed E-state index contributed by atoms with van der Waals surface area (Å²) in [5.74, 6) is 0.566. The van der Waals surface area contributed by atoms with Crippen LogP contribution in [-0.4, -0.2) is 26.2 Å². The molecular formula is C24H27NO4S. The third-order valence-corrected chi connectivity index (χ3v) is 7.25. The summed E-state index contributed by atoms with van der Waals surface area (Å²) in [6.45, 7) is 6.09. The van der Waals surface area contributed by atoms with Gasteiger partial charge in [-0.1, -0.05) is 42.0 Å². The Morgan fingerprint density at radius 3 is 2.50 bits per heavy atom. The zero-order chi connectivity index (χ0) is 21.5. The van der Waals surface area contributed by atoms with Crippen molar-refractivity contribution in [2.24, 2.45) is 0 Å². The number of hydrogen-bond donors (Lipinski definition) is 1. The van der Waals surface area contributed by atoms with E-state index in [4.69, 9.17) is 4.74 Å². The van der Waals surface area contributed by atoms with Gasteiger partial charge in [0.2, 0.25) is 0 Å². The molecule has 1 aliphatic heterocycles. The molecule has 0 spiro atoms. The van der Waals surface area contributed by atoms with Gasteiger partial charge in [0.05, 0.1) is 22.8 Å². The number of sulfonamides is 1. The van der Waals surface area contributed by atoms with Gasteiger partial charge in [-0.15, -0.1) is 0 Å². The molecule has 3 aromatic rings. The minimum atomic E-state index is -3.79. The molecule has 0 radical (unpaired) electrons. The van der Waals surface area contributed by atoms with E-state index < -0.39 is 16.1 Å². The Bertz CT molecular complexity index is 1170. The normalized spacial score (nSPS) is 17.1. The first kappa shape index (κ1) is 20.7. The zero-order valence-electron chi connectivity index (χ0n) is 17.5. The topological polar surface area (TPSA) is 66.8 Å². The molecule has 158 valence electrons. The van der Waals surface area contributed by atoms with E-state index in [2.05, 4.69) is 0 Å². The Hall–Kier alpha value is -2.57. The van der Waals surface area contributed by atoms with Crippen molar-refractivity contribution in [3.63, 3.8) is 0 Å². The lowest BCUT2D eigenvalue weighted by atomic mass is 9.98. The van der Waals surface area contributed by atoms with E-state index in [1.54, 1.807) is 24.3 Å². The van der Waals surface area contributed by atoms with Gasteiger partial charge in [-0.2, -0.15) is 0 Å². The van der Waals surface area contributed by atoms with Crippen LogP contribution < -0.4 is 9.04 Å². The molecule has 30 heavy (non-hydrogen) atoms. The van der Waals surface area contributed by atoms with E-state index >= 15 is 0 Å². The minimum Gasteiger partial charge on any atom is -0.490 e. The monoisotopic (exact) mass is 425 g/mol. The molecule has 1 atom stereocenters. The van der Waals surface area contributed by atoms with Crippen molar-refractivity contribution >= 4 is 26.5 Å². The van der Waals surface area contributed by atoms with Crippen LogP contribution in [0.2, 0.25) is 0 Å². The van der Waals surface area contributed by atoms with E-state index in [-0.39, 0.29) is 11.0 Å². The number of aliphatic hydroxyl groups excluding tert-OH is 1. The van der Waals surface area contributed by atoms with Gasteiger partial charge in [0.25, 0.3) is 10.0 Å². The van der Waals surface area contributed by atoms with E-state index in [9.17, 15) is 13.5 Å². The molecule has 1 heterocycles. The number of aryl methyl sites for hydroxylation is 1. The molecule has 0 saturated carbocycles. The van der Waals surface area contributed by atoms with E-state index in [1.807, 2.05) is 51.1 Å². The SMILES string of the molecule is Cc1ccc(S(=O)(=O)N2CCCC(O)c3c2cc2ccccc2c3OC(C)C)cc1. The van der Waals surface area contributed by atoms with Gasteiger partial charge >= 0.3 is 0 Å². The first-order chi connectivity index (χ1) is 14.3. The van der Waals surface area contributed by atoms with Crippen LogP contribution in [0.3, 0.4) is 0 Å². The highest BCUT2D eigenvalue weighted by Crippen LogP contribution is 2.46. The van der Waals surface area contributed by atoms with Crippen LogP contribution in [0.4, 0.5) is 5.69 Å². The van der Waals surface area contributed by atoms with Gasteiger partial charge in [-0.05, 0) is 57.2 Å². The molecule has 0 aromatic heterocycles. The van der Waals surface area contributed by atoms with Crippen molar-refractivity contribution in [3.8, 4) is 5.75 Å². The highest BCUT2D eigenvalue weighted by Gasteiger charge is 2.34. The Balaban J connectivity index is 1.98. The Morgan fingerprint density at radius 2 is 1.80 bits per heavy atom. The summed E-state index contributed by atoms with van der Waals surface area (Å²) >= 11 is 0. The van der Waals surface area contributed by atoms with Crippen LogP contribution in [0.1, 0.15) is 43.9 Å². The predicted octanol–water partition coefficient (Wildman–Crippen LogP) is 4.96. The van der Waals surface area contributed by atoms with E-state index in [0.717, 1.165) is 16.3 Å². The highest BCUT2D eigenvalue weighted by molar-refractivity contribution is 7.92. The molecule has 1 unspecified atom stereocenters. The van der Waals surface area contributed by atoms with Crippen LogP contribution in [0, 0.1) is 6.92 Å². The van der Waals surface area contributed by atoms with Crippen LogP contribution in [0.5, 0.6) is 5.75 Å². The second kappa shape index (κ2) is 7.93. The summed E-state index contributed by atoms with van der Waals surface area (Å²) in [7, 11) is -3.79. The number of anilines is 1. The summed E-state index contributed by atoms with van der Waals surface area (Å²) in [5, 5.41) is 12.7. The van der Waals surface area contributed by atoms with Gasteiger partial charge < -0.3 is 9.84 Å². The zero-order valence-corrected chi connectivity index (χ0v) is 18.3. The van der Waals surface area contributed by atoms with Crippen molar-refractivity contribution in [1.29, 1.82) is 0 Å². The number of hydrogen-bond acceptors (Lipinski definition) is 4. The largest absolute Gasteiger partial charge is 0.490 e. The quantitative estimate of drug-likeness (QED) is 0.642. The molecule has 1 aliphatic rings. The average molecular weight is 426 g/mol. The lowest BCUT2D eigenvalue weighted by Gasteiger charge is -2.28. The van der Waals surface area contributed by atoms with Crippen molar-refractivity contribution in [1.82, 2.24) is 0 Å². The van der Waals surface area contributed by atoms with E-state index in [0.29, 0.717) is 36.4 Å². The second-order valence-electron chi connectivity index (χ2n) is 8.07. The number of rotatable bonds is 4. The van der Waals surface area contributed by atoms with Gasteiger partial charge in [0, 0.05) is 17.5 Å². The Kier molecular flexibility index (Phi) is 5.47. The molecule has 6 heteroatoms. The number of ether oxygens (including phenoxy) is 1. The summed E-state index contributed by atoms with van der Waals surface area (Å²) in [5.41, 5.74) is 2.05. The molecule has 3 aromatic carbocycles. The first-order valence-corrected chi connectivity index (χ1v) is 11.7. The standard InChI is InChI=1S/C24H27NO4S/c1-16(2)29-24-20-8-5-4-7-18(20)15-21-23(24)22(26)9-6-14-25(21)30(27,28)19-12-10-17(3)11-13-19/h4-5,7-8,10-13,15-16,22,26H,6,9,14H2,1-3H3. The molecule has 4 rings (SSSR count). The summed E-state index contributed by atoms with van der Waals surface area (Å²) in [4.78, 5) is 0.245. The number of nitrogens with zero attached hydrogens (tertiary/aromatic N) is 1. The third kappa shape index (κ3) is 3.66. The van der Waals surface area contributed by atoms with E-state index in [1.165, 1.54) is 4.31 Å². The second-order valence-corrected chi connectivity index (χ2v) is 9.94. The number of benzene rings is 3. The maximum absolute atomic E-state index is 13.6. The number of aliphatic hydroxyl groups is 1. The fourth-order valence-corrected chi connectivity index (χ4v) is 5.50. The predicted molar refractivity (Wildman–Crippen MR) is 120 cm³/mol. The fraction of sp³-hybridized carbons (Fsp3) is 0.333. The Morgan fingerprint density at radius 1 is 1.10 bits per heavy atom. The smallest absolute Gasteiger partial charge is 0.264 e. The molecule has 0 aliphatic carbocycles. The third-order valence-electron chi connectivity index (χ3n) is 5.42. The maximum atomic E-state index is 13.6. The van der Waals surface area contributed by atoms with Crippen molar-refractivity contribution in [2.75, 3.05) is 10.8 Å². The molecule has 0 fully saturated rings. The van der Waals surface area contributed by atoms with Gasteiger partial charge in [0.1, 0.15) is 5.75 Å². The molecule has 0 saturated heterocycles. The lowest BCUT2D eigenvalue weighted by molar-refractivity contribution is 0.158. The van der Waals surface area contributed by atoms with Crippen molar-refractivity contribution in [2.45, 2.75) is 50.7 Å². The molecular weight excluding hydrogens is 398 g/mol. The van der Waals surface area contributed by atoms with Gasteiger partial charge in [-0.25, -0.2) is 8.42 Å². The molecule has 0 bridgehead atoms. The average Bonchev–Trinajstić information content (AvgIpc) is 2.87. The Labute approximate surface area is 178 Å². The van der Waals surface area contributed by atoms with Crippen LogP contribution in [0.15, 0.2) is 59.5 Å². The van der Waals surface area contributed by atoms with Crippen molar-refractivity contribution in [3.05, 3.63) is 65.7 Å². The first-order valence-electron chi connectivity index (χ1n) is 10.3. The fourth-order valence-electron chi connectivity index (χ4n) is 3.99. The minimum absolute atomic E-state index is 0.113. The molecule has 1 N–H and O–H groups in total. The van der Waals surface area contributed by atoms with Gasteiger partial charge in [0.15, 0.2) is 0 Å². The van der Waals surface area contributed by atoms with Crippen LogP contribution in [0.25, 0.3) is 10.8 Å². The summed E-state index contributed by atoms with van der Waals surface area (Å²) < 4.78 is 34.8. The summed E-state index contributed by atoms with van der Waals surface area (Å²) in [6.07, 6.45) is 0.118. The van der Waals surface area contributed by atoms with Crippen molar-refractivity contribution < 1.29 is 18.3 Å². The lowest BCUT2D eigenvalue weighted by Crippen LogP contribution is -2.32. The van der Waals surface area contributed by atoms with Crippen LogP contribution >= 0.6 is 0 Å². The molecule has 0 amide bonds. The van der Waals surface area contributed by atoms with Crippen LogP contribution in [-0.2, 0) is 10.0 Å². The summed E-state index contributed by atoms with van der Waals surface area (Å²) in [6, 6.07) is 16.5. The highest BCUT2D eigenvalue weighted by atomic mass is 32.2. The van der Waals surface area contributed by atoms with Gasteiger partial charge in [-0.3, -0.25) is 4.31 Å². The maximum Gasteiger partial charge on any atom is 0.264 e. The molecule has 5 nitrogen and oxygen atoms in total. The number of fused-ring (bicyclic) bond motifs is 2.